The van der Waals surface area contributed by atoms with Crippen LogP contribution >= 0.6 is 15.9 Å². The van der Waals surface area contributed by atoms with Crippen molar-refractivity contribution in [1.82, 2.24) is 14.8 Å². The van der Waals surface area contributed by atoms with Crippen molar-refractivity contribution >= 4 is 21.9 Å². The Kier molecular flexibility index (Phi) is 3.61. The van der Waals surface area contributed by atoms with Crippen molar-refractivity contribution in [3.05, 3.63) is 76.3 Å². The summed E-state index contributed by atoms with van der Waals surface area (Å²) >= 11 is 3.45. The molecule has 1 aliphatic heterocycles. The highest BCUT2D eigenvalue weighted by molar-refractivity contribution is 9.10. The summed E-state index contributed by atoms with van der Waals surface area (Å²) in [6.45, 7) is 0. The normalized spacial score (nSPS) is 19.9. The summed E-state index contributed by atoms with van der Waals surface area (Å²) in [6, 6.07) is 14.9. The van der Waals surface area contributed by atoms with E-state index in [2.05, 4.69) is 43.5 Å². The van der Waals surface area contributed by atoms with Crippen LogP contribution in [0.3, 0.4) is 0 Å². The summed E-state index contributed by atoms with van der Waals surface area (Å²) in [5, 5.41) is 7.65. The van der Waals surface area contributed by atoms with E-state index in [0.717, 1.165) is 10.0 Å². The van der Waals surface area contributed by atoms with E-state index in [1.807, 2.05) is 24.3 Å². The van der Waals surface area contributed by atoms with Gasteiger partial charge in [-0.15, -0.1) is 0 Å². The zero-order chi connectivity index (χ0) is 15.8. The summed E-state index contributed by atoms with van der Waals surface area (Å²) in [4.78, 5) is 4.26. The predicted octanol–water partition coefficient (Wildman–Crippen LogP) is 4.33. The average Bonchev–Trinajstić information content (AvgIpc) is 3.04. The number of nitrogens with zero attached hydrogens (tertiary/aromatic N) is 3. The van der Waals surface area contributed by atoms with Gasteiger partial charge in [-0.25, -0.2) is 9.07 Å². The Morgan fingerprint density at radius 3 is 2.70 bits per heavy atom. The fourth-order valence-electron chi connectivity index (χ4n) is 3.04. The molecule has 1 aliphatic rings. The molecule has 0 saturated heterocycles. The zero-order valence-corrected chi connectivity index (χ0v) is 13.7. The molecule has 2 atom stereocenters. The summed E-state index contributed by atoms with van der Waals surface area (Å²) in [6.07, 6.45) is 2.21. The number of fused-ring (bicyclic) bond motifs is 1. The predicted molar refractivity (Wildman–Crippen MR) is 89.7 cm³/mol. The Morgan fingerprint density at radius 2 is 1.91 bits per heavy atom. The molecule has 0 unspecified atom stereocenters. The van der Waals surface area contributed by atoms with Gasteiger partial charge in [-0.1, -0.05) is 46.3 Å². The van der Waals surface area contributed by atoms with Crippen LogP contribution in [0.1, 0.15) is 29.6 Å². The van der Waals surface area contributed by atoms with Crippen LogP contribution in [0, 0.1) is 5.82 Å². The number of hydrogen-bond acceptors (Lipinski definition) is 3. The van der Waals surface area contributed by atoms with Gasteiger partial charge in [0.05, 0.1) is 12.1 Å². The molecular formula is C17H14BrFN4. The molecule has 0 spiro atoms. The molecular weight excluding hydrogens is 359 g/mol. The van der Waals surface area contributed by atoms with Crippen molar-refractivity contribution in [1.29, 1.82) is 0 Å². The number of hydrogen-bond donors (Lipinski definition) is 1. The smallest absolute Gasteiger partial charge is 0.222 e. The van der Waals surface area contributed by atoms with Crippen LogP contribution in [-0.4, -0.2) is 14.8 Å². The molecule has 6 heteroatoms. The van der Waals surface area contributed by atoms with E-state index >= 15 is 0 Å². The van der Waals surface area contributed by atoms with Crippen molar-refractivity contribution in [2.45, 2.75) is 18.5 Å². The number of aromatic nitrogens is 3. The summed E-state index contributed by atoms with van der Waals surface area (Å²) in [5.41, 5.74) is 1.78. The van der Waals surface area contributed by atoms with Crippen LogP contribution in [0.2, 0.25) is 0 Å². The van der Waals surface area contributed by atoms with Crippen molar-refractivity contribution in [3.63, 3.8) is 0 Å². The van der Waals surface area contributed by atoms with Gasteiger partial charge in [-0.05, 0) is 30.2 Å². The van der Waals surface area contributed by atoms with Crippen molar-refractivity contribution in [2.75, 3.05) is 5.32 Å². The SMILES string of the molecule is Fc1ccccc1[C@@H]1C[C@@H](c2ccc(Br)cc2)Nc2ncnn21. The van der Waals surface area contributed by atoms with Gasteiger partial charge in [0.25, 0.3) is 0 Å². The lowest BCUT2D eigenvalue weighted by Crippen LogP contribution is -2.28. The topological polar surface area (TPSA) is 42.7 Å². The molecule has 1 aromatic heterocycles. The number of nitrogens with one attached hydrogen (secondary N) is 1. The maximum atomic E-state index is 14.3. The van der Waals surface area contributed by atoms with Crippen LogP contribution < -0.4 is 5.32 Å². The van der Waals surface area contributed by atoms with Crippen LogP contribution in [0.4, 0.5) is 10.3 Å². The Bertz CT molecular complexity index is 831. The molecule has 116 valence electrons. The standard InChI is InChI=1S/C17H14BrFN4/c18-12-7-5-11(6-8-12)15-9-16(13-3-1-2-4-14(13)19)23-17(22-15)20-10-21-23/h1-8,10,15-16H,9H2,(H,20,21,22)/t15-,16-/m0/s1. The Hall–Kier alpha value is -2.21. The average molecular weight is 373 g/mol. The third-order valence-corrected chi connectivity index (χ3v) is 4.70. The Morgan fingerprint density at radius 1 is 1.13 bits per heavy atom. The zero-order valence-electron chi connectivity index (χ0n) is 12.2. The third-order valence-electron chi connectivity index (χ3n) is 4.17. The summed E-state index contributed by atoms with van der Waals surface area (Å²) < 4.78 is 17.1. The molecule has 0 aliphatic carbocycles. The van der Waals surface area contributed by atoms with Crippen LogP contribution in [-0.2, 0) is 0 Å². The lowest BCUT2D eigenvalue weighted by molar-refractivity contribution is 0.416. The first-order valence-corrected chi connectivity index (χ1v) is 8.17. The maximum Gasteiger partial charge on any atom is 0.222 e. The second-order valence-electron chi connectivity index (χ2n) is 5.55. The van der Waals surface area contributed by atoms with Crippen molar-refractivity contribution in [2.24, 2.45) is 0 Å². The molecule has 3 aromatic rings. The molecule has 0 bridgehead atoms. The van der Waals surface area contributed by atoms with E-state index in [0.29, 0.717) is 17.9 Å². The van der Waals surface area contributed by atoms with Gasteiger partial charge in [0, 0.05) is 10.0 Å². The second-order valence-corrected chi connectivity index (χ2v) is 6.47. The van der Waals surface area contributed by atoms with E-state index in [1.165, 1.54) is 12.4 Å². The lowest BCUT2D eigenvalue weighted by Gasteiger charge is -2.32. The summed E-state index contributed by atoms with van der Waals surface area (Å²) in [7, 11) is 0. The monoisotopic (exact) mass is 372 g/mol. The fourth-order valence-corrected chi connectivity index (χ4v) is 3.30. The first kappa shape index (κ1) is 14.4. The molecule has 0 fully saturated rings. The molecule has 4 rings (SSSR count). The molecule has 0 amide bonds. The van der Waals surface area contributed by atoms with Crippen LogP contribution in [0.25, 0.3) is 0 Å². The number of rotatable bonds is 2. The van der Waals surface area contributed by atoms with Crippen molar-refractivity contribution in [3.8, 4) is 0 Å². The fraction of sp³-hybridized carbons (Fsp3) is 0.176. The van der Waals surface area contributed by atoms with Gasteiger partial charge in [0.15, 0.2) is 0 Å². The molecule has 2 heterocycles. The maximum absolute atomic E-state index is 14.3. The molecule has 4 nitrogen and oxygen atoms in total. The molecule has 0 radical (unpaired) electrons. The summed E-state index contributed by atoms with van der Waals surface area (Å²) in [5.74, 6) is 0.452. The van der Waals surface area contributed by atoms with Gasteiger partial charge < -0.3 is 5.32 Å². The van der Waals surface area contributed by atoms with E-state index in [9.17, 15) is 4.39 Å². The highest BCUT2D eigenvalue weighted by Gasteiger charge is 2.31. The largest absolute Gasteiger partial charge is 0.348 e. The molecule has 1 N–H and O–H groups in total. The minimum Gasteiger partial charge on any atom is -0.348 e. The highest BCUT2D eigenvalue weighted by Crippen LogP contribution is 2.38. The molecule has 2 aromatic carbocycles. The van der Waals surface area contributed by atoms with E-state index < -0.39 is 0 Å². The lowest BCUT2D eigenvalue weighted by atomic mass is 9.93. The van der Waals surface area contributed by atoms with Gasteiger partial charge in [-0.3, -0.25) is 0 Å². The first-order chi connectivity index (χ1) is 11.2. The Labute approximate surface area is 141 Å². The minimum atomic E-state index is -0.213. The van der Waals surface area contributed by atoms with E-state index in [4.69, 9.17) is 0 Å². The highest BCUT2D eigenvalue weighted by atomic mass is 79.9. The number of halogens is 2. The molecule has 23 heavy (non-hydrogen) atoms. The third kappa shape index (κ3) is 2.63. The van der Waals surface area contributed by atoms with Crippen LogP contribution in [0.15, 0.2) is 59.3 Å². The molecule has 0 saturated carbocycles. The van der Waals surface area contributed by atoms with Gasteiger partial charge in [0.2, 0.25) is 5.95 Å². The first-order valence-electron chi connectivity index (χ1n) is 7.38. The van der Waals surface area contributed by atoms with Crippen molar-refractivity contribution < 1.29 is 4.39 Å². The number of benzene rings is 2. The van der Waals surface area contributed by atoms with Gasteiger partial charge >= 0.3 is 0 Å². The quantitative estimate of drug-likeness (QED) is 0.727. The van der Waals surface area contributed by atoms with E-state index in [-0.39, 0.29) is 17.9 Å². The minimum absolute atomic E-state index is 0.0596. The van der Waals surface area contributed by atoms with Gasteiger partial charge in [0.1, 0.15) is 12.1 Å². The van der Waals surface area contributed by atoms with Gasteiger partial charge in [-0.2, -0.15) is 10.1 Å². The van der Waals surface area contributed by atoms with E-state index in [1.54, 1.807) is 10.7 Å². The number of anilines is 1. The second kappa shape index (κ2) is 5.77. The van der Waals surface area contributed by atoms with Crippen LogP contribution in [0.5, 0.6) is 0 Å². The Balaban J connectivity index is 1.75.